The van der Waals surface area contributed by atoms with Crippen molar-refractivity contribution in [2.75, 3.05) is 10.7 Å². The Bertz CT molecular complexity index is 1650. The Morgan fingerprint density at radius 3 is 2.36 bits per heavy atom. The fourth-order valence-corrected chi connectivity index (χ4v) is 6.48. The van der Waals surface area contributed by atoms with Gasteiger partial charge in [-0.1, -0.05) is 61.2 Å². The average molecular weight is 637 g/mol. The van der Waals surface area contributed by atoms with Crippen LogP contribution in [0.15, 0.2) is 78.0 Å². The standard InChI is InChI=1S/C33H35F3N6O2S/c1-20-7-6-8-21(2)29(20)42-22(3)17-18-45-32(42)39-31(43)38-24(5)23(4)25-9-11-26(12-10-25)30-37-19-41(40-30)27-13-15-28(16-14-27)44-33(34,35)36/h6-16,19,22-24H,17-18H2,1-5H3,(H,38,43)/b39-32-. The van der Waals surface area contributed by atoms with Gasteiger partial charge in [0.05, 0.1) is 5.69 Å². The van der Waals surface area contributed by atoms with Gasteiger partial charge in [-0.15, -0.1) is 18.3 Å². The zero-order valence-electron chi connectivity index (χ0n) is 25.7. The van der Waals surface area contributed by atoms with Gasteiger partial charge in [-0.05, 0) is 75.1 Å². The Hall–Kier alpha value is -4.32. The summed E-state index contributed by atoms with van der Waals surface area (Å²) in [6.45, 7) is 10.3. The molecular formula is C33H35F3N6O2S. The molecule has 12 heteroatoms. The summed E-state index contributed by atoms with van der Waals surface area (Å²) >= 11 is 1.60. The fraction of sp³-hybridized carbons (Fsp3) is 0.333. The SMILES string of the molecule is Cc1cccc(C)c1N1/C(=N/C(=O)NC(C)C(C)c2ccc(-c3ncn(-c4ccc(OC(F)(F)F)cc4)n3)cc2)SCCC1C. The first-order valence-corrected chi connectivity index (χ1v) is 15.6. The molecule has 1 aromatic heterocycles. The van der Waals surface area contributed by atoms with Crippen LogP contribution in [0.25, 0.3) is 17.1 Å². The Balaban J connectivity index is 1.24. The molecule has 1 saturated heterocycles. The van der Waals surface area contributed by atoms with Crippen molar-refractivity contribution < 1.29 is 22.7 Å². The molecule has 3 atom stereocenters. The number of aryl methyl sites for hydroxylation is 2. The number of ether oxygens (including phenoxy) is 1. The van der Waals surface area contributed by atoms with E-state index in [1.54, 1.807) is 11.8 Å². The van der Waals surface area contributed by atoms with Gasteiger partial charge in [0.2, 0.25) is 0 Å². The zero-order valence-corrected chi connectivity index (χ0v) is 26.5. The second kappa shape index (κ2) is 13.4. The number of urea groups is 1. The Labute approximate surface area is 264 Å². The molecule has 1 aliphatic rings. The minimum absolute atomic E-state index is 0.00111. The van der Waals surface area contributed by atoms with Gasteiger partial charge in [0.25, 0.3) is 0 Å². The summed E-state index contributed by atoms with van der Waals surface area (Å²) < 4.78 is 42.7. The number of halogens is 3. The lowest BCUT2D eigenvalue weighted by molar-refractivity contribution is -0.274. The van der Waals surface area contributed by atoms with E-state index in [4.69, 9.17) is 0 Å². The van der Waals surface area contributed by atoms with E-state index in [0.29, 0.717) is 16.7 Å². The summed E-state index contributed by atoms with van der Waals surface area (Å²) in [4.78, 5) is 24.2. The maximum absolute atomic E-state index is 13.1. The molecule has 0 bridgehead atoms. The number of aliphatic imine (C=N–C) groups is 1. The van der Waals surface area contributed by atoms with Gasteiger partial charge in [0.15, 0.2) is 11.0 Å². The lowest BCUT2D eigenvalue weighted by atomic mass is 9.93. The monoisotopic (exact) mass is 636 g/mol. The van der Waals surface area contributed by atoms with E-state index in [1.807, 2.05) is 44.2 Å². The molecule has 1 aliphatic heterocycles. The van der Waals surface area contributed by atoms with E-state index in [2.05, 4.69) is 62.9 Å². The van der Waals surface area contributed by atoms with Crippen molar-refractivity contribution in [2.45, 2.75) is 65.4 Å². The molecule has 3 unspecified atom stereocenters. The van der Waals surface area contributed by atoms with Crippen molar-refractivity contribution in [3.8, 4) is 22.8 Å². The van der Waals surface area contributed by atoms with E-state index in [-0.39, 0.29) is 29.8 Å². The molecule has 2 heterocycles. The predicted octanol–water partition coefficient (Wildman–Crippen LogP) is 8.04. The van der Waals surface area contributed by atoms with Gasteiger partial charge in [0.1, 0.15) is 12.1 Å². The highest BCUT2D eigenvalue weighted by molar-refractivity contribution is 8.14. The minimum atomic E-state index is -4.75. The number of nitrogens with zero attached hydrogens (tertiary/aromatic N) is 5. The molecular weight excluding hydrogens is 601 g/mol. The number of benzene rings is 3. The van der Waals surface area contributed by atoms with Crippen LogP contribution in [0.2, 0.25) is 0 Å². The van der Waals surface area contributed by atoms with Crippen LogP contribution >= 0.6 is 11.8 Å². The van der Waals surface area contributed by atoms with Crippen molar-refractivity contribution >= 4 is 28.6 Å². The number of nitrogens with one attached hydrogen (secondary N) is 1. The number of para-hydroxylation sites is 1. The second-order valence-electron chi connectivity index (χ2n) is 11.2. The summed E-state index contributed by atoms with van der Waals surface area (Å²) in [5.74, 6) is 1.06. The number of carbonyl (C=O) groups is 1. The van der Waals surface area contributed by atoms with Gasteiger partial charge in [-0.3, -0.25) is 0 Å². The van der Waals surface area contributed by atoms with Crippen LogP contribution in [0.4, 0.5) is 23.7 Å². The first kappa shape index (κ1) is 32.1. The molecule has 1 N–H and O–H groups in total. The topological polar surface area (TPSA) is 84.6 Å². The highest BCUT2D eigenvalue weighted by atomic mass is 32.2. The number of amidine groups is 1. The quantitative estimate of drug-likeness (QED) is 0.221. The minimum Gasteiger partial charge on any atom is -0.406 e. The Morgan fingerprint density at radius 2 is 1.71 bits per heavy atom. The third kappa shape index (κ3) is 7.67. The van der Waals surface area contributed by atoms with Gasteiger partial charge in [-0.25, -0.2) is 14.5 Å². The van der Waals surface area contributed by atoms with E-state index < -0.39 is 6.36 Å². The van der Waals surface area contributed by atoms with E-state index in [1.165, 1.54) is 35.3 Å². The number of aromatic nitrogens is 3. The zero-order chi connectivity index (χ0) is 32.3. The van der Waals surface area contributed by atoms with Gasteiger partial charge in [-0.2, -0.15) is 4.99 Å². The van der Waals surface area contributed by atoms with Crippen molar-refractivity contribution in [2.24, 2.45) is 4.99 Å². The number of hydrogen-bond acceptors (Lipinski definition) is 5. The van der Waals surface area contributed by atoms with Gasteiger partial charge in [0, 0.05) is 35.0 Å². The molecule has 1 fully saturated rings. The number of carbonyl (C=O) groups excluding carboxylic acids is 1. The molecule has 45 heavy (non-hydrogen) atoms. The molecule has 5 rings (SSSR count). The van der Waals surface area contributed by atoms with Crippen LogP contribution in [0.3, 0.4) is 0 Å². The third-order valence-electron chi connectivity index (χ3n) is 7.91. The summed E-state index contributed by atoms with van der Waals surface area (Å²) in [7, 11) is 0. The first-order valence-electron chi connectivity index (χ1n) is 14.6. The molecule has 3 aromatic carbocycles. The Kier molecular flexibility index (Phi) is 9.52. The number of thioether (sulfide) groups is 1. The van der Waals surface area contributed by atoms with Crippen LogP contribution in [0.5, 0.6) is 5.75 Å². The molecule has 236 valence electrons. The molecule has 0 aliphatic carbocycles. The van der Waals surface area contributed by atoms with Crippen LogP contribution in [-0.4, -0.2) is 50.2 Å². The van der Waals surface area contributed by atoms with E-state index in [0.717, 1.165) is 40.1 Å². The average Bonchev–Trinajstić information content (AvgIpc) is 3.48. The van der Waals surface area contributed by atoms with Crippen molar-refractivity contribution in [3.05, 3.63) is 89.7 Å². The van der Waals surface area contributed by atoms with E-state index >= 15 is 0 Å². The summed E-state index contributed by atoms with van der Waals surface area (Å²) in [5.41, 5.74) is 5.76. The van der Waals surface area contributed by atoms with Gasteiger partial charge < -0.3 is 15.0 Å². The highest BCUT2D eigenvalue weighted by Crippen LogP contribution is 2.34. The van der Waals surface area contributed by atoms with E-state index in [9.17, 15) is 18.0 Å². The second-order valence-corrected chi connectivity index (χ2v) is 12.3. The lowest BCUT2D eigenvalue weighted by Crippen LogP contribution is -2.43. The van der Waals surface area contributed by atoms with Crippen LogP contribution in [0.1, 0.15) is 49.8 Å². The summed E-state index contributed by atoms with van der Waals surface area (Å²) in [5, 5.41) is 8.24. The van der Waals surface area contributed by atoms with Crippen LogP contribution < -0.4 is 15.0 Å². The van der Waals surface area contributed by atoms with Crippen molar-refractivity contribution in [1.29, 1.82) is 0 Å². The highest BCUT2D eigenvalue weighted by Gasteiger charge is 2.31. The number of hydrogen-bond donors (Lipinski definition) is 1. The number of anilines is 1. The van der Waals surface area contributed by atoms with Crippen LogP contribution in [0, 0.1) is 13.8 Å². The molecule has 0 spiro atoms. The predicted molar refractivity (Wildman–Crippen MR) is 172 cm³/mol. The summed E-state index contributed by atoms with van der Waals surface area (Å²) in [6, 6.07) is 19.0. The number of amides is 2. The molecule has 0 saturated carbocycles. The van der Waals surface area contributed by atoms with Crippen molar-refractivity contribution in [3.63, 3.8) is 0 Å². The van der Waals surface area contributed by atoms with Crippen molar-refractivity contribution in [1.82, 2.24) is 20.1 Å². The Morgan fingerprint density at radius 1 is 1.04 bits per heavy atom. The van der Waals surface area contributed by atoms with Crippen LogP contribution in [-0.2, 0) is 0 Å². The lowest BCUT2D eigenvalue weighted by Gasteiger charge is -2.37. The maximum Gasteiger partial charge on any atom is 0.573 e. The number of rotatable bonds is 7. The number of alkyl halides is 3. The maximum atomic E-state index is 13.1. The normalized spacial score (nSPS) is 17.6. The molecule has 2 amide bonds. The van der Waals surface area contributed by atoms with Gasteiger partial charge >= 0.3 is 12.4 Å². The molecule has 0 radical (unpaired) electrons. The molecule has 4 aromatic rings. The first-order chi connectivity index (χ1) is 21.4. The smallest absolute Gasteiger partial charge is 0.406 e. The molecule has 8 nitrogen and oxygen atoms in total. The summed E-state index contributed by atoms with van der Waals surface area (Å²) in [6.07, 6.45) is -2.25. The fourth-order valence-electron chi connectivity index (χ4n) is 5.28. The third-order valence-corrected chi connectivity index (χ3v) is 8.90. The largest absolute Gasteiger partial charge is 0.573 e.